The molecule has 0 aliphatic rings. The molecule has 0 radical (unpaired) electrons. The van der Waals surface area contributed by atoms with E-state index in [-0.39, 0.29) is 5.69 Å². The summed E-state index contributed by atoms with van der Waals surface area (Å²) in [5.74, 6) is 0.574. The lowest BCUT2D eigenvalue weighted by molar-refractivity contribution is -0.141. The van der Waals surface area contributed by atoms with E-state index in [2.05, 4.69) is 29.6 Å². The topological polar surface area (TPSA) is 71.9 Å². The van der Waals surface area contributed by atoms with Crippen LogP contribution in [0, 0.1) is 24.2 Å². The van der Waals surface area contributed by atoms with Crippen LogP contribution in [0.2, 0.25) is 0 Å². The van der Waals surface area contributed by atoms with E-state index >= 15 is 0 Å². The number of nitrogens with two attached hydrogens (primary N) is 1. The Kier molecular flexibility index (Phi) is 20.2. The number of terminal acetylenes is 1. The number of hydrogen-bond donors (Lipinski definition) is 1. The van der Waals surface area contributed by atoms with Gasteiger partial charge in [-0.05, 0) is 63.7 Å². The molecule has 33 heavy (non-hydrogen) atoms. The molecule has 0 bridgehead atoms. The van der Waals surface area contributed by atoms with Gasteiger partial charge in [0.15, 0.2) is 0 Å². The van der Waals surface area contributed by atoms with Gasteiger partial charge in [-0.25, -0.2) is 4.98 Å². The average molecular weight is 464 g/mol. The summed E-state index contributed by atoms with van der Waals surface area (Å²) < 4.78 is 44.2. The fourth-order valence-electron chi connectivity index (χ4n) is 2.30. The van der Waals surface area contributed by atoms with Crippen molar-refractivity contribution in [2.24, 2.45) is 5.73 Å². The van der Waals surface area contributed by atoms with Crippen LogP contribution in [0.25, 0.3) is 16.8 Å². The van der Waals surface area contributed by atoms with Gasteiger partial charge in [0.05, 0.1) is 18.4 Å². The second-order valence-corrected chi connectivity index (χ2v) is 5.41. The highest BCUT2D eigenvalue weighted by molar-refractivity contribution is 5.77. The molecule has 0 aliphatic carbocycles. The van der Waals surface area contributed by atoms with E-state index in [0.29, 0.717) is 34.6 Å². The third kappa shape index (κ3) is 11.2. The molecule has 7 heteroatoms. The number of nitriles is 1. The van der Waals surface area contributed by atoms with Crippen molar-refractivity contribution in [3.63, 3.8) is 0 Å². The monoisotopic (exact) mass is 463 g/mol. The van der Waals surface area contributed by atoms with Crippen molar-refractivity contribution in [2.45, 2.75) is 54.6 Å². The number of hydrogen-bond acceptors (Lipinski definition) is 4. The van der Waals surface area contributed by atoms with Crippen LogP contribution in [0.1, 0.15) is 59.7 Å². The van der Waals surface area contributed by atoms with Gasteiger partial charge in [0.25, 0.3) is 0 Å². The molecular formula is C26H36F3N3O. The minimum absolute atomic E-state index is 0.210. The Balaban J connectivity index is -0.00000101. The summed E-state index contributed by atoms with van der Waals surface area (Å²) in [5, 5.41) is 9.11. The first-order valence-electron chi connectivity index (χ1n) is 10.6. The van der Waals surface area contributed by atoms with Crippen LogP contribution in [0.4, 0.5) is 13.2 Å². The Morgan fingerprint density at radius 1 is 1.06 bits per heavy atom. The maximum atomic E-state index is 12.9. The van der Waals surface area contributed by atoms with Crippen molar-refractivity contribution in [3.8, 4) is 35.9 Å². The van der Waals surface area contributed by atoms with Gasteiger partial charge in [-0.15, -0.1) is 12.8 Å². The second kappa shape index (κ2) is 19.4. The second-order valence-electron chi connectivity index (χ2n) is 5.41. The van der Waals surface area contributed by atoms with E-state index < -0.39 is 11.9 Å². The van der Waals surface area contributed by atoms with Crippen molar-refractivity contribution in [1.82, 2.24) is 4.98 Å². The summed E-state index contributed by atoms with van der Waals surface area (Å²) in [7, 11) is 1.50. The number of rotatable bonds is 4. The van der Waals surface area contributed by atoms with E-state index in [1.807, 2.05) is 34.6 Å². The SMILES string of the molecule is C#C.CC.CC.CCOc1ccc(-c2cccc(C(F)(F)F)n2)cc1/C(C)=C(/C)C#N.CN. The highest BCUT2D eigenvalue weighted by Gasteiger charge is 2.32. The van der Waals surface area contributed by atoms with Gasteiger partial charge in [-0.3, -0.25) is 0 Å². The van der Waals surface area contributed by atoms with Gasteiger partial charge in [0, 0.05) is 16.7 Å². The number of benzene rings is 1. The molecule has 0 aliphatic heterocycles. The zero-order valence-corrected chi connectivity index (χ0v) is 20.8. The molecular weight excluding hydrogens is 427 g/mol. The Labute approximate surface area is 197 Å². The molecule has 0 amide bonds. The Morgan fingerprint density at radius 2 is 1.61 bits per heavy atom. The molecule has 1 heterocycles. The van der Waals surface area contributed by atoms with Crippen molar-refractivity contribution >= 4 is 5.57 Å². The fourth-order valence-corrected chi connectivity index (χ4v) is 2.30. The van der Waals surface area contributed by atoms with Gasteiger partial charge in [0.2, 0.25) is 0 Å². The molecule has 2 N–H and O–H groups in total. The third-order valence-electron chi connectivity index (χ3n) is 3.75. The number of ether oxygens (including phenoxy) is 1. The maximum Gasteiger partial charge on any atom is 0.433 e. The zero-order valence-electron chi connectivity index (χ0n) is 20.8. The van der Waals surface area contributed by atoms with E-state index in [0.717, 1.165) is 6.07 Å². The van der Waals surface area contributed by atoms with Crippen LogP contribution in [-0.4, -0.2) is 18.6 Å². The van der Waals surface area contributed by atoms with Crippen LogP contribution in [0.5, 0.6) is 5.75 Å². The Hall–Kier alpha value is -3.29. The highest BCUT2D eigenvalue weighted by Crippen LogP contribution is 2.34. The molecule has 2 rings (SSSR count). The molecule has 182 valence electrons. The van der Waals surface area contributed by atoms with Crippen molar-refractivity contribution in [2.75, 3.05) is 13.7 Å². The minimum Gasteiger partial charge on any atom is -0.493 e. The van der Waals surface area contributed by atoms with Gasteiger partial charge in [-0.1, -0.05) is 33.8 Å². The van der Waals surface area contributed by atoms with Gasteiger partial charge >= 0.3 is 6.18 Å². The molecule has 0 unspecified atom stereocenters. The lowest BCUT2D eigenvalue weighted by Gasteiger charge is -2.14. The fraction of sp³-hybridized carbons (Fsp3) is 0.385. The number of halogens is 3. The van der Waals surface area contributed by atoms with Crippen LogP contribution in [0.15, 0.2) is 42.0 Å². The van der Waals surface area contributed by atoms with Gasteiger partial charge in [-0.2, -0.15) is 18.4 Å². The first kappa shape index (κ1) is 34.3. The van der Waals surface area contributed by atoms with Crippen LogP contribution < -0.4 is 10.5 Å². The predicted molar refractivity (Wildman–Crippen MR) is 132 cm³/mol. The summed E-state index contributed by atoms with van der Waals surface area (Å²) >= 11 is 0. The predicted octanol–water partition coefficient (Wildman–Crippen LogP) is 7.36. The zero-order chi connectivity index (χ0) is 26.6. The number of allylic oxidation sites excluding steroid dienone is 2. The largest absolute Gasteiger partial charge is 0.493 e. The Bertz CT molecular complexity index is 896. The van der Waals surface area contributed by atoms with Crippen molar-refractivity contribution < 1.29 is 17.9 Å². The van der Waals surface area contributed by atoms with E-state index in [1.54, 1.807) is 32.0 Å². The van der Waals surface area contributed by atoms with Crippen LogP contribution >= 0.6 is 0 Å². The molecule has 1 aromatic heterocycles. The number of aromatic nitrogens is 1. The molecule has 0 atom stereocenters. The standard InChI is InChI=1S/C19H17F3N2O.2C2H6.C2H2.CH5N/c1-4-25-17-9-8-14(10-15(17)13(3)12(2)11-23)16-6-5-7-18(24-16)19(20,21)22;4*1-2/h5-10H,4H2,1-3H3;2*1-2H3;1-2H;2H2,1H3/b13-12-;;;;. The van der Waals surface area contributed by atoms with E-state index in [1.165, 1.54) is 19.2 Å². The highest BCUT2D eigenvalue weighted by atomic mass is 19.4. The molecule has 0 fully saturated rings. The number of pyridine rings is 1. The summed E-state index contributed by atoms with van der Waals surface area (Å²) in [6, 6.07) is 10.9. The summed E-state index contributed by atoms with van der Waals surface area (Å²) in [5.41, 5.74) is 6.17. The quantitative estimate of drug-likeness (QED) is 0.380. The van der Waals surface area contributed by atoms with Gasteiger partial charge < -0.3 is 10.5 Å². The smallest absolute Gasteiger partial charge is 0.433 e. The maximum absolute atomic E-state index is 12.9. The Morgan fingerprint density at radius 3 is 2.06 bits per heavy atom. The minimum atomic E-state index is -4.50. The molecule has 0 spiro atoms. The lowest BCUT2D eigenvalue weighted by atomic mass is 9.98. The summed E-state index contributed by atoms with van der Waals surface area (Å²) in [6.45, 7) is 13.7. The van der Waals surface area contributed by atoms with Crippen LogP contribution in [0.3, 0.4) is 0 Å². The number of alkyl halides is 3. The first-order valence-corrected chi connectivity index (χ1v) is 10.6. The average Bonchev–Trinajstić information content (AvgIpc) is 2.88. The molecule has 0 saturated carbocycles. The van der Waals surface area contributed by atoms with Crippen molar-refractivity contribution in [1.29, 1.82) is 5.26 Å². The summed E-state index contributed by atoms with van der Waals surface area (Å²) in [4.78, 5) is 3.71. The van der Waals surface area contributed by atoms with E-state index in [9.17, 15) is 13.2 Å². The van der Waals surface area contributed by atoms with E-state index in [4.69, 9.17) is 10.00 Å². The summed E-state index contributed by atoms with van der Waals surface area (Å²) in [6.07, 6.45) is 3.50. The van der Waals surface area contributed by atoms with Crippen molar-refractivity contribution in [3.05, 3.63) is 53.2 Å². The number of nitrogens with zero attached hydrogens (tertiary/aromatic N) is 2. The molecule has 1 aromatic carbocycles. The molecule has 2 aromatic rings. The lowest BCUT2D eigenvalue weighted by Crippen LogP contribution is -2.08. The molecule has 4 nitrogen and oxygen atoms in total. The van der Waals surface area contributed by atoms with Gasteiger partial charge in [0.1, 0.15) is 11.4 Å². The third-order valence-corrected chi connectivity index (χ3v) is 3.75. The first-order chi connectivity index (χ1) is 15.8. The normalized spacial score (nSPS) is 9.97. The van der Waals surface area contributed by atoms with Crippen LogP contribution in [-0.2, 0) is 6.18 Å². The molecule has 0 saturated heterocycles.